The zero-order valence-corrected chi connectivity index (χ0v) is 24.8. The first-order valence-corrected chi connectivity index (χ1v) is 16.8. The van der Waals surface area contributed by atoms with Gasteiger partial charge in [0.2, 0.25) is 0 Å². The van der Waals surface area contributed by atoms with Crippen molar-refractivity contribution in [2.75, 3.05) is 0 Å². The molecule has 0 aliphatic carbocycles. The first kappa shape index (κ1) is 34.7. The maximum absolute atomic E-state index is 11.4. The summed E-state index contributed by atoms with van der Waals surface area (Å²) in [6, 6.07) is 0. The number of hydrogen-bond acceptors (Lipinski definition) is 1. The minimum Gasteiger partial charge on any atom is -0.303 e. The van der Waals surface area contributed by atoms with E-state index >= 15 is 0 Å². The van der Waals surface area contributed by atoms with E-state index in [0.717, 1.165) is 12.8 Å². The second kappa shape index (κ2) is 31.7. The lowest BCUT2D eigenvalue weighted by atomic mass is 9.95. The molecule has 1 nitrogen and oxygen atoms in total. The van der Waals surface area contributed by atoms with Gasteiger partial charge in [-0.3, -0.25) is 0 Å². The summed E-state index contributed by atoms with van der Waals surface area (Å²) >= 11 is 0. The second-order valence-electron chi connectivity index (χ2n) is 11.7. The standard InChI is InChI=1S/C34H68O/c1-3-5-7-9-11-13-15-17-19-21-23-25-27-29-31-34(33-35)32-30-28-26-24-22-20-18-16-14-12-10-8-6-4-2/h33-34H,3-32H2,1-2H3. The van der Waals surface area contributed by atoms with Crippen molar-refractivity contribution >= 4 is 6.29 Å². The van der Waals surface area contributed by atoms with Gasteiger partial charge in [0.15, 0.2) is 0 Å². The molecule has 0 unspecified atom stereocenters. The summed E-state index contributed by atoms with van der Waals surface area (Å²) in [5.41, 5.74) is 0. The summed E-state index contributed by atoms with van der Waals surface area (Å²) in [6.07, 6.45) is 43.0. The molecule has 1 heteroatoms. The Kier molecular flexibility index (Phi) is 31.4. The van der Waals surface area contributed by atoms with Crippen LogP contribution in [-0.4, -0.2) is 6.29 Å². The van der Waals surface area contributed by atoms with E-state index < -0.39 is 0 Å². The van der Waals surface area contributed by atoms with Gasteiger partial charge in [-0.1, -0.05) is 194 Å². The SMILES string of the molecule is CCCCCCCCCCCCCCCCC(C=O)CCCCCCCCCCCCCCCC. The molecule has 0 spiro atoms. The molecule has 35 heavy (non-hydrogen) atoms. The van der Waals surface area contributed by atoms with Crippen molar-refractivity contribution in [2.24, 2.45) is 5.92 Å². The summed E-state index contributed by atoms with van der Waals surface area (Å²) in [5, 5.41) is 0. The average molecular weight is 493 g/mol. The predicted molar refractivity (Wildman–Crippen MR) is 159 cm³/mol. The Labute approximate surface area is 223 Å². The smallest absolute Gasteiger partial charge is 0.123 e. The first-order valence-electron chi connectivity index (χ1n) is 16.8. The number of unbranched alkanes of at least 4 members (excludes halogenated alkanes) is 26. The Bertz CT molecular complexity index is 345. The van der Waals surface area contributed by atoms with Gasteiger partial charge in [-0.05, 0) is 12.8 Å². The summed E-state index contributed by atoms with van der Waals surface area (Å²) < 4.78 is 0. The van der Waals surface area contributed by atoms with E-state index in [0.29, 0.717) is 5.92 Å². The van der Waals surface area contributed by atoms with Crippen LogP contribution >= 0.6 is 0 Å². The van der Waals surface area contributed by atoms with Crippen LogP contribution in [0, 0.1) is 5.92 Å². The Hall–Kier alpha value is -0.330. The van der Waals surface area contributed by atoms with Gasteiger partial charge in [-0.25, -0.2) is 0 Å². The second-order valence-corrected chi connectivity index (χ2v) is 11.7. The zero-order valence-electron chi connectivity index (χ0n) is 24.8. The third-order valence-corrected chi connectivity index (χ3v) is 8.05. The van der Waals surface area contributed by atoms with Crippen LogP contribution in [0.2, 0.25) is 0 Å². The number of rotatable bonds is 31. The van der Waals surface area contributed by atoms with Gasteiger partial charge >= 0.3 is 0 Å². The Balaban J connectivity index is 3.26. The maximum atomic E-state index is 11.4. The molecule has 210 valence electrons. The van der Waals surface area contributed by atoms with Crippen LogP contribution < -0.4 is 0 Å². The van der Waals surface area contributed by atoms with Crippen LogP contribution in [0.3, 0.4) is 0 Å². The van der Waals surface area contributed by atoms with Crippen molar-refractivity contribution in [2.45, 2.75) is 206 Å². The Morgan fingerprint density at radius 2 is 0.543 bits per heavy atom. The van der Waals surface area contributed by atoms with Gasteiger partial charge < -0.3 is 4.79 Å². The van der Waals surface area contributed by atoms with E-state index in [9.17, 15) is 4.79 Å². The van der Waals surface area contributed by atoms with Gasteiger partial charge in [-0.15, -0.1) is 0 Å². The zero-order chi connectivity index (χ0) is 25.5. The highest BCUT2D eigenvalue weighted by Gasteiger charge is 2.07. The van der Waals surface area contributed by atoms with Crippen molar-refractivity contribution in [3.63, 3.8) is 0 Å². The largest absolute Gasteiger partial charge is 0.303 e. The van der Waals surface area contributed by atoms with E-state index in [2.05, 4.69) is 13.8 Å². The molecule has 0 saturated carbocycles. The Morgan fingerprint density at radius 3 is 0.743 bits per heavy atom. The van der Waals surface area contributed by atoms with Gasteiger partial charge in [0, 0.05) is 5.92 Å². The summed E-state index contributed by atoms with van der Waals surface area (Å²) in [5.74, 6) is 0.338. The van der Waals surface area contributed by atoms with Crippen molar-refractivity contribution in [3.8, 4) is 0 Å². The van der Waals surface area contributed by atoms with Crippen LogP contribution in [0.4, 0.5) is 0 Å². The minimum atomic E-state index is 0.338. The van der Waals surface area contributed by atoms with Gasteiger partial charge in [-0.2, -0.15) is 0 Å². The van der Waals surface area contributed by atoms with E-state index in [1.54, 1.807) is 0 Å². The molecule has 0 aromatic rings. The number of carbonyl (C=O) groups is 1. The number of aldehydes is 1. The van der Waals surface area contributed by atoms with Crippen molar-refractivity contribution in [3.05, 3.63) is 0 Å². The summed E-state index contributed by atoms with van der Waals surface area (Å²) in [6.45, 7) is 4.59. The number of hydrogen-bond donors (Lipinski definition) is 0. The van der Waals surface area contributed by atoms with Crippen LogP contribution in [0.5, 0.6) is 0 Å². The van der Waals surface area contributed by atoms with Crippen LogP contribution in [0.15, 0.2) is 0 Å². The molecule has 0 atom stereocenters. The lowest BCUT2D eigenvalue weighted by Gasteiger charge is -2.10. The average Bonchev–Trinajstić information content (AvgIpc) is 2.87. The lowest BCUT2D eigenvalue weighted by molar-refractivity contribution is -0.111. The summed E-state index contributed by atoms with van der Waals surface area (Å²) in [4.78, 5) is 11.4. The minimum absolute atomic E-state index is 0.338. The third-order valence-electron chi connectivity index (χ3n) is 8.05. The molecular weight excluding hydrogens is 424 g/mol. The molecule has 0 heterocycles. The fourth-order valence-electron chi connectivity index (χ4n) is 5.48. The predicted octanol–water partition coefficient (Wildman–Crippen LogP) is 12.5. The third kappa shape index (κ3) is 29.8. The molecule has 0 aliphatic rings. The first-order chi connectivity index (χ1) is 17.3. The molecule has 0 saturated heterocycles. The molecule has 0 aliphatic heterocycles. The van der Waals surface area contributed by atoms with E-state index in [1.165, 1.54) is 186 Å². The molecule has 0 aromatic heterocycles. The van der Waals surface area contributed by atoms with Crippen LogP contribution in [-0.2, 0) is 4.79 Å². The molecular formula is C34H68O. The molecule has 0 aromatic carbocycles. The Morgan fingerprint density at radius 1 is 0.343 bits per heavy atom. The molecule has 0 N–H and O–H groups in total. The van der Waals surface area contributed by atoms with E-state index in [1.807, 2.05) is 0 Å². The van der Waals surface area contributed by atoms with Gasteiger partial charge in [0.25, 0.3) is 0 Å². The maximum Gasteiger partial charge on any atom is 0.123 e. The molecule has 0 rings (SSSR count). The van der Waals surface area contributed by atoms with Crippen molar-refractivity contribution in [1.82, 2.24) is 0 Å². The van der Waals surface area contributed by atoms with E-state index in [-0.39, 0.29) is 0 Å². The topological polar surface area (TPSA) is 17.1 Å². The highest BCUT2D eigenvalue weighted by Crippen LogP contribution is 2.19. The molecule has 0 fully saturated rings. The molecule has 0 radical (unpaired) electrons. The monoisotopic (exact) mass is 493 g/mol. The molecule has 0 amide bonds. The van der Waals surface area contributed by atoms with Crippen molar-refractivity contribution < 1.29 is 4.79 Å². The normalized spacial score (nSPS) is 11.5. The highest BCUT2D eigenvalue weighted by atomic mass is 16.1. The highest BCUT2D eigenvalue weighted by molar-refractivity contribution is 5.53. The van der Waals surface area contributed by atoms with Gasteiger partial charge in [0.05, 0.1) is 0 Å². The number of carbonyl (C=O) groups excluding carboxylic acids is 1. The van der Waals surface area contributed by atoms with Crippen LogP contribution in [0.1, 0.15) is 206 Å². The fourth-order valence-corrected chi connectivity index (χ4v) is 5.48. The molecule has 0 bridgehead atoms. The van der Waals surface area contributed by atoms with Crippen LogP contribution in [0.25, 0.3) is 0 Å². The van der Waals surface area contributed by atoms with Gasteiger partial charge in [0.1, 0.15) is 6.29 Å². The van der Waals surface area contributed by atoms with Crippen molar-refractivity contribution in [1.29, 1.82) is 0 Å². The summed E-state index contributed by atoms with van der Waals surface area (Å²) in [7, 11) is 0. The lowest BCUT2D eigenvalue weighted by Crippen LogP contribution is -2.02. The van der Waals surface area contributed by atoms with E-state index in [4.69, 9.17) is 0 Å². The fraction of sp³-hybridized carbons (Fsp3) is 0.971. The quantitative estimate of drug-likeness (QED) is 0.0694.